The summed E-state index contributed by atoms with van der Waals surface area (Å²) >= 11 is 0. The fraction of sp³-hybridized carbons (Fsp3) is 0.125. The van der Waals surface area contributed by atoms with Crippen LogP contribution in [-0.2, 0) is 10.8 Å². The molecular formula is C48H37N. The van der Waals surface area contributed by atoms with Gasteiger partial charge in [-0.2, -0.15) is 0 Å². The number of nitrogens with zero attached hydrogens (tertiary/aromatic N) is 1. The van der Waals surface area contributed by atoms with Crippen LogP contribution in [0.4, 0.5) is 0 Å². The first-order chi connectivity index (χ1) is 23.8. The van der Waals surface area contributed by atoms with Gasteiger partial charge >= 0.3 is 0 Å². The lowest BCUT2D eigenvalue weighted by atomic mass is 9.72. The zero-order valence-corrected chi connectivity index (χ0v) is 28.4. The van der Waals surface area contributed by atoms with E-state index in [0.717, 1.165) is 0 Å². The van der Waals surface area contributed by atoms with E-state index in [0.29, 0.717) is 0 Å². The second-order valence-corrected chi connectivity index (χ2v) is 14.9. The van der Waals surface area contributed by atoms with Crippen LogP contribution in [-0.4, -0.2) is 4.57 Å². The monoisotopic (exact) mass is 627 g/mol. The number of aromatic nitrogens is 1. The lowest BCUT2D eigenvalue weighted by Gasteiger charge is -2.30. The fourth-order valence-electron chi connectivity index (χ4n) is 9.30. The summed E-state index contributed by atoms with van der Waals surface area (Å²) in [6, 6.07) is 56.4. The molecule has 1 heterocycles. The Hall–Kier alpha value is -5.66. The summed E-state index contributed by atoms with van der Waals surface area (Å²) in [7, 11) is 0. The predicted molar refractivity (Wildman–Crippen MR) is 207 cm³/mol. The summed E-state index contributed by atoms with van der Waals surface area (Å²) in [5.74, 6) is 0. The highest BCUT2D eigenvalue weighted by atomic mass is 15.0. The van der Waals surface area contributed by atoms with Gasteiger partial charge in [0.2, 0.25) is 0 Å². The molecule has 1 aromatic heterocycles. The van der Waals surface area contributed by atoms with Gasteiger partial charge in [0.15, 0.2) is 0 Å². The van der Waals surface area contributed by atoms with Gasteiger partial charge in [0.05, 0.1) is 16.7 Å². The van der Waals surface area contributed by atoms with Gasteiger partial charge in [-0.1, -0.05) is 149 Å². The third-order valence-corrected chi connectivity index (χ3v) is 11.6. The van der Waals surface area contributed by atoms with Gasteiger partial charge in [-0.05, 0) is 91.5 Å². The largest absolute Gasteiger partial charge is 0.309 e. The molecule has 0 fully saturated rings. The molecule has 0 saturated carbocycles. The summed E-state index contributed by atoms with van der Waals surface area (Å²) in [5.41, 5.74) is 19.8. The van der Waals surface area contributed by atoms with Crippen LogP contribution in [0, 0.1) is 0 Å². The van der Waals surface area contributed by atoms with Crippen LogP contribution in [0.3, 0.4) is 0 Å². The molecule has 0 bridgehead atoms. The first kappa shape index (κ1) is 28.4. The minimum absolute atomic E-state index is 0.0490. The van der Waals surface area contributed by atoms with Crippen molar-refractivity contribution in [1.82, 2.24) is 4.57 Å². The molecule has 0 amide bonds. The van der Waals surface area contributed by atoms with E-state index in [9.17, 15) is 0 Å². The van der Waals surface area contributed by atoms with E-state index in [-0.39, 0.29) is 10.8 Å². The molecule has 2 aliphatic rings. The van der Waals surface area contributed by atoms with Crippen molar-refractivity contribution in [2.24, 2.45) is 0 Å². The number of benzene rings is 7. The van der Waals surface area contributed by atoms with Crippen LogP contribution < -0.4 is 0 Å². The van der Waals surface area contributed by atoms with Gasteiger partial charge in [-0.3, -0.25) is 0 Å². The van der Waals surface area contributed by atoms with Crippen LogP contribution in [0.5, 0.6) is 0 Å². The third-order valence-electron chi connectivity index (χ3n) is 11.6. The smallest absolute Gasteiger partial charge is 0.0541 e. The molecule has 1 nitrogen and oxygen atoms in total. The highest BCUT2D eigenvalue weighted by Gasteiger charge is 2.45. The molecule has 8 aromatic rings. The van der Waals surface area contributed by atoms with Crippen molar-refractivity contribution in [2.75, 3.05) is 0 Å². The molecular weight excluding hydrogens is 591 g/mol. The SMILES string of the molecule is CC1(C)c2ccccc2-c2ccc3c(c21)C(C)(C)c1cc(-c2ccc(-n4c5ccccc5c5ccccc54)c(-c4ccccc4)c2)ccc1-3. The molecule has 0 radical (unpaired) electrons. The van der Waals surface area contributed by atoms with Gasteiger partial charge in [0, 0.05) is 27.2 Å². The van der Waals surface area contributed by atoms with E-state index in [2.05, 4.69) is 184 Å². The van der Waals surface area contributed by atoms with Crippen molar-refractivity contribution in [1.29, 1.82) is 0 Å². The number of fused-ring (bicyclic) bond motifs is 10. The Morgan fingerprint density at radius 3 is 1.57 bits per heavy atom. The minimum atomic E-state index is -0.128. The molecule has 2 aliphatic carbocycles. The zero-order valence-electron chi connectivity index (χ0n) is 28.4. The Kier molecular flexibility index (Phi) is 5.75. The maximum absolute atomic E-state index is 2.47. The second-order valence-electron chi connectivity index (χ2n) is 14.9. The van der Waals surface area contributed by atoms with E-state index in [1.54, 1.807) is 0 Å². The topological polar surface area (TPSA) is 4.93 Å². The standard InChI is InChI=1S/C48H37N/c1-47(2)40-19-11-8-16-33(40)37-25-26-38-34-24-22-32(29-41(34)48(3,4)46(38)45(37)47)31-23-27-44(39(28-31)30-14-6-5-7-15-30)49-42-20-12-9-17-35(42)36-18-10-13-21-43(36)49/h5-29H,1-4H3. The van der Waals surface area contributed by atoms with E-state index < -0.39 is 0 Å². The van der Waals surface area contributed by atoms with Crippen LogP contribution in [0.1, 0.15) is 49.9 Å². The molecule has 7 aromatic carbocycles. The molecule has 0 atom stereocenters. The van der Waals surface area contributed by atoms with Crippen LogP contribution in [0.15, 0.2) is 152 Å². The molecule has 0 saturated heterocycles. The molecule has 10 rings (SSSR count). The average molecular weight is 628 g/mol. The second kappa shape index (κ2) is 9.94. The lowest BCUT2D eigenvalue weighted by molar-refractivity contribution is 0.601. The van der Waals surface area contributed by atoms with Gasteiger partial charge in [-0.15, -0.1) is 0 Å². The normalized spacial score (nSPS) is 14.9. The van der Waals surface area contributed by atoms with Crippen molar-refractivity contribution >= 4 is 21.8 Å². The Bertz CT molecular complexity index is 2590. The fourth-order valence-corrected chi connectivity index (χ4v) is 9.30. The highest BCUT2D eigenvalue weighted by molar-refractivity contribution is 6.10. The van der Waals surface area contributed by atoms with Crippen molar-refractivity contribution < 1.29 is 0 Å². The van der Waals surface area contributed by atoms with E-state index in [4.69, 9.17) is 0 Å². The van der Waals surface area contributed by atoms with Crippen molar-refractivity contribution in [3.8, 4) is 50.2 Å². The van der Waals surface area contributed by atoms with Crippen molar-refractivity contribution in [3.63, 3.8) is 0 Å². The molecule has 49 heavy (non-hydrogen) atoms. The van der Waals surface area contributed by atoms with Crippen molar-refractivity contribution in [2.45, 2.75) is 38.5 Å². The third kappa shape index (κ3) is 3.82. The molecule has 0 N–H and O–H groups in total. The van der Waals surface area contributed by atoms with Gasteiger partial charge < -0.3 is 4.57 Å². The van der Waals surface area contributed by atoms with Crippen molar-refractivity contribution in [3.05, 3.63) is 174 Å². The lowest BCUT2D eigenvalue weighted by Crippen LogP contribution is -2.24. The number of para-hydroxylation sites is 2. The highest BCUT2D eigenvalue weighted by Crippen LogP contribution is 2.59. The number of rotatable bonds is 3. The predicted octanol–water partition coefficient (Wildman–Crippen LogP) is 12.7. The van der Waals surface area contributed by atoms with E-state index in [1.807, 2.05) is 0 Å². The maximum Gasteiger partial charge on any atom is 0.0541 e. The van der Waals surface area contributed by atoms with E-state index in [1.165, 1.54) is 94.3 Å². The maximum atomic E-state index is 2.47. The Balaban J connectivity index is 1.15. The summed E-state index contributed by atoms with van der Waals surface area (Å²) in [5, 5.41) is 2.55. The van der Waals surface area contributed by atoms with Crippen LogP contribution in [0.2, 0.25) is 0 Å². The first-order valence-electron chi connectivity index (χ1n) is 17.5. The van der Waals surface area contributed by atoms with Crippen LogP contribution >= 0.6 is 0 Å². The Morgan fingerprint density at radius 1 is 0.367 bits per heavy atom. The molecule has 0 aliphatic heterocycles. The first-order valence-corrected chi connectivity index (χ1v) is 17.5. The summed E-state index contributed by atoms with van der Waals surface area (Å²) in [4.78, 5) is 0. The van der Waals surface area contributed by atoms with E-state index >= 15 is 0 Å². The van der Waals surface area contributed by atoms with Gasteiger partial charge in [0.1, 0.15) is 0 Å². The molecule has 0 unspecified atom stereocenters. The molecule has 234 valence electrons. The quantitative estimate of drug-likeness (QED) is 0.184. The van der Waals surface area contributed by atoms with Gasteiger partial charge in [-0.25, -0.2) is 0 Å². The Labute approximate surface area is 288 Å². The Morgan fingerprint density at radius 2 is 0.878 bits per heavy atom. The molecule has 1 heteroatoms. The number of hydrogen-bond donors (Lipinski definition) is 0. The van der Waals surface area contributed by atoms with Gasteiger partial charge in [0.25, 0.3) is 0 Å². The minimum Gasteiger partial charge on any atom is -0.309 e. The summed E-state index contributed by atoms with van der Waals surface area (Å²) in [6.07, 6.45) is 0. The molecule has 0 spiro atoms. The average Bonchev–Trinajstić information content (AvgIpc) is 3.68. The zero-order chi connectivity index (χ0) is 33.1. The summed E-state index contributed by atoms with van der Waals surface area (Å²) < 4.78 is 2.44. The number of hydrogen-bond acceptors (Lipinski definition) is 0. The van der Waals surface area contributed by atoms with Crippen LogP contribution in [0.25, 0.3) is 72.0 Å². The summed E-state index contributed by atoms with van der Waals surface area (Å²) in [6.45, 7) is 9.68.